The first-order valence-corrected chi connectivity index (χ1v) is 11.3. The smallest absolute Gasteiger partial charge is 0.453 e. The number of amides is 1. The van der Waals surface area contributed by atoms with Crippen molar-refractivity contribution in [2.45, 2.75) is 19.6 Å². The molecule has 0 bridgehead atoms. The van der Waals surface area contributed by atoms with E-state index in [1.165, 1.54) is 30.3 Å². The van der Waals surface area contributed by atoms with Crippen molar-refractivity contribution in [2.24, 2.45) is 0 Å². The highest BCUT2D eigenvalue weighted by atomic mass is 19.4. The molecule has 3 aromatic carbocycles. The first-order chi connectivity index (χ1) is 17.8. The van der Waals surface area contributed by atoms with E-state index in [4.69, 9.17) is 18.6 Å². The minimum Gasteiger partial charge on any atom is -0.490 e. The lowest BCUT2D eigenvalue weighted by Gasteiger charge is -2.15. The van der Waals surface area contributed by atoms with Gasteiger partial charge in [-0.15, -0.1) is 0 Å². The Morgan fingerprint density at radius 2 is 1.65 bits per heavy atom. The minimum absolute atomic E-state index is 0.0500. The summed E-state index contributed by atoms with van der Waals surface area (Å²) < 4.78 is 62.8. The number of nitrogens with one attached hydrogen (secondary N) is 1. The number of rotatable bonds is 9. The van der Waals surface area contributed by atoms with Crippen molar-refractivity contribution < 1.29 is 36.6 Å². The van der Waals surface area contributed by atoms with Gasteiger partial charge >= 0.3 is 6.18 Å². The van der Waals surface area contributed by atoms with Gasteiger partial charge in [0.15, 0.2) is 18.1 Å². The van der Waals surface area contributed by atoms with Crippen LogP contribution in [0.25, 0.3) is 11.0 Å². The van der Waals surface area contributed by atoms with Crippen LogP contribution in [0.2, 0.25) is 0 Å². The number of carbonyl (C=O) groups excluding carboxylic acids is 1. The number of halogens is 3. The molecule has 1 amide bonds. The largest absolute Gasteiger partial charge is 0.490 e. The first kappa shape index (κ1) is 25.6. The zero-order chi connectivity index (χ0) is 26.4. The van der Waals surface area contributed by atoms with Crippen molar-refractivity contribution in [1.82, 2.24) is 5.32 Å². The number of carbonyl (C=O) groups is 1. The number of para-hydroxylation sites is 2. The van der Waals surface area contributed by atoms with E-state index in [2.05, 4.69) is 5.32 Å². The summed E-state index contributed by atoms with van der Waals surface area (Å²) >= 11 is 0. The number of hydrogen-bond donors (Lipinski definition) is 1. The van der Waals surface area contributed by atoms with Crippen molar-refractivity contribution in [1.29, 1.82) is 0 Å². The Balaban J connectivity index is 1.58. The summed E-state index contributed by atoms with van der Waals surface area (Å²) in [6.45, 7) is 1.85. The molecule has 0 radical (unpaired) electrons. The maximum atomic E-state index is 13.9. The van der Waals surface area contributed by atoms with Gasteiger partial charge in [-0.2, -0.15) is 13.2 Å². The molecule has 192 valence electrons. The third-order valence-electron chi connectivity index (χ3n) is 5.14. The number of hydrogen-bond acceptors (Lipinski definition) is 6. The van der Waals surface area contributed by atoms with Crippen LogP contribution in [0.1, 0.15) is 18.2 Å². The van der Waals surface area contributed by atoms with Crippen molar-refractivity contribution >= 4 is 16.9 Å². The molecule has 0 aliphatic carbocycles. The van der Waals surface area contributed by atoms with E-state index in [0.29, 0.717) is 6.54 Å². The van der Waals surface area contributed by atoms with Crippen LogP contribution in [-0.2, 0) is 17.5 Å². The average Bonchev–Trinajstić information content (AvgIpc) is 2.88. The van der Waals surface area contributed by atoms with Crippen molar-refractivity contribution in [3.8, 4) is 23.0 Å². The molecule has 0 spiro atoms. The van der Waals surface area contributed by atoms with Gasteiger partial charge < -0.3 is 23.9 Å². The van der Waals surface area contributed by atoms with E-state index in [-0.39, 0.29) is 41.4 Å². The Labute approximate surface area is 209 Å². The lowest BCUT2D eigenvalue weighted by molar-refractivity contribution is -0.154. The van der Waals surface area contributed by atoms with Crippen LogP contribution in [0.5, 0.6) is 23.0 Å². The van der Waals surface area contributed by atoms with Crippen LogP contribution in [-0.4, -0.2) is 19.1 Å². The van der Waals surface area contributed by atoms with Gasteiger partial charge in [-0.05, 0) is 36.8 Å². The Morgan fingerprint density at radius 1 is 0.946 bits per heavy atom. The van der Waals surface area contributed by atoms with E-state index in [1.54, 1.807) is 13.0 Å². The molecular weight excluding hydrogens is 491 g/mol. The molecule has 0 saturated carbocycles. The molecule has 4 rings (SSSR count). The Kier molecular flexibility index (Phi) is 7.66. The first-order valence-electron chi connectivity index (χ1n) is 11.3. The summed E-state index contributed by atoms with van der Waals surface area (Å²) in [6.07, 6.45) is -5.03. The minimum atomic E-state index is -5.03. The lowest BCUT2D eigenvalue weighted by atomic mass is 10.2. The zero-order valence-electron chi connectivity index (χ0n) is 19.6. The van der Waals surface area contributed by atoms with E-state index in [9.17, 15) is 22.8 Å². The fraction of sp³-hybridized carbons (Fsp3) is 0.185. The van der Waals surface area contributed by atoms with E-state index < -0.39 is 29.0 Å². The van der Waals surface area contributed by atoms with Gasteiger partial charge in [-0.25, -0.2) is 0 Å². The molecule has 1 N–H and O–H groups in total. The third kappa shape index (κ3) is 6.21. The van der Waals surface area contributed by atoms with Gasteiger partial charge in [0.2, 0.25) is 11.2 Å². The fourth-order valence-corrected chi connectivity index (χ4v) is 3.44. The van der Waals surface area contributed by atoms with E-state index >= 15 is 0 Å². The average molecular weight is 513 g/mol. The number of benzene rings is 3. The molecule has 0 atom stereocenters. The SMILES string of the molecule is CCOc1ccccc1Oc1c(C(F)(F)F)oc2cc(OCC(=O)NCc3ccccc3)ccc2c1=O. The van der Waals surface area contributed by atoms with E-state index in [1.807, 2.05) is 30.3 Å². The molecule has 0 fully saturated rings. The number of ether oxygens (including phenoxy) is 3. The summed E-state index contributed by atoms with van der Waals surface area (Å²) in [6, 6.07) is 19.0. The Morgan fingerprint density at radius 3 is 2.35 bits per heavy atom. The highest BCUT2D eigenvalue weighted by molar-refractivity contribution is 5.80. The maximum Gasteiger partial charge on any atom is 0.453 e. The van der Waals surface area contributed by atoms with Crippen molar-refractivity contribution in [3.63, 3.8) is 0 Å². The van der Waals surface area contributed by atoms with Gasteiger partial charge in [0.1, 0.15) is 11.3 Å². The highest BCUT2D eigenvalue weighted by Gasteiger charge is 2.40. The molecule has 1 aromatic heterocycles. The molecule has 1 heterocycles. The van der Waals surface area contributed by atoms with Crippen molar-refractivity contribution in [3.05, 3.63) is 94.3 Å². The Bertz CT molecular complexity index is 1450. The predicted molar refractivity (Wildman–Crippen MR) is 129 cm³/mol. The van der Waals surface area contributed by atoms with Crippen LogP contribution in [0.15, 0.2) is 82.0 Å². The van der Waals surface area contributed by atoms with E-state index in [0.717, 1.165) is 11.6 Å². The normalized spacial score (nSPS) is 11.2. The van der Waals surface area contributed by atoms with Gasteiger partial charge in [0.25, 0.3) is 11.7 Å². The second kappa shape index (κ2) is 11.1. The number of alkyl halides is 3. The van der Waals surface area contributed by atoms with Crippen LogP contribution < -0.4 is 25.0 Å². The molecule has 4 aromatic rings. The van der Waals surface area contributed by atoms with Gasteiger partial charge in [0.05, 0.1) is 12.0 Å². The summed E-state index contributed by atoms with van der Waals surface area (Å²) in [5.41, 5.74) is -0.498. The lowest BCUT2D eigenvalue weighted by Crippen LogP contribution is -2.28. The Hall–Kier alpha value is -4.47. The molecule has 37 heavy (non-hydrogen) atoms. The number of fused-ring (bicyclic) bond motifs is 1. The molecule has 0 aliphatic rings. The van der Waals surface area contributed by atoms with Gasteiger partial charge in [-0.3, -0.25) is 9.59 Å². The van der Waals surface area contributed by atoms with Crippen LogP contribution in [0.4, 0.5) is 13.2 Å². The molecular formula is C27H22F3NO6. The standard InChI is InChI=1S/C27H22F3NO6/c1-2-34-20-10-6-7-11-21(20)36-25-24(33)19-13-12-18(14-22(19)37-26(25)27(28,29)30)35-16-23(32)31-15-17-8-4-3-5-9-17/h3-14H,2,15-16H2,1H3,(H,31,32). The predicted octanol–water partition coefficient (Wildman–Crippen LogP) is 5.70. The summed E-state index contributed by atoms with van der Waals surface area (Å²) in [7, 11) is 0. The van der Waals surface area contributed by atoms with Gasteiger partial charge in [-0.1, -0.05) is 42.5 Å². The fourth-order valence-electron chi connectivity index (χ4n) is 3.44. The molecule has 0 aliphatic heterocycles. The topological polar surface area (TPSA) is 87.0 Å². The molecule has 7 nitrogen and oxygen atoms in total. The van der Waals surface area contributed by atoms with Crippen molar-refractivity contribution in [2.75, 3.05) is 13.2 Å². The molecule has 10 heteroatoms. The molecule has 0 saturated heterocycles. The van der Waals surface area contributed by atoms with Crippen LogP contribution in [0, 0.1) is 0 Å². The second-order valence-electron chi connectivity index (χ2n) is 7.78. The molecule has 0 unspecified atom stereocenters. The van der Waals surface area contributed by atoms with Crippen LogP contribution in [0.3, 0.4) is 0 Å². The maximum absolute atomic E-state index is 13.9. The monoisotopic (exact) mass is 513 g/mol. The zero-order valence-corrected chi connectivity index (χ0v) is 19.6. The van der Waals surface area contributed by atoms with Gasteiger partial charge in [0, 0.05) is 12.6 Å². The third-order valence-corrected chi connectivity index (χ3v) is 5.14. The highest BCUT2D eigenvalue weighted by Crippen LogP contribution is 2.40. The van der Waals surface area contributed by atoms with Crippen LogP contribution >= 0.6 is 0 Å². The second-order valence-corrected chi connectivity index (χ2v) is 7.78. The summed E-state index contributed by atoms with van der Waals surface area (Å²) in [5.74, 6) is -2.89. The quantitative estimate of drug-likeness (QED) is 0.309. The summed E-state index contributed by atoms with van der Waals surface area (Å²) in [5, 5.41) is 2.52. The summed E-state index contributed by atoms with van der Waals surface area (Å²) in [4.78, 5) is 25.1.